The van der Waals surface area contributed by atoms with E-state index in [2.05, 4.69) is 17.2 Å². The SMILES string of the molecule is C=NNc1ccc2c(c1)OCO2. The van der Waals surface area contributed by atoms with Crippen LogP contribution in [-0.4, -0.2) is 13.5 Å². The Morgan fingerprint density at radius 2 is 2.17 bits per heavy atom. The molecule has 4 heteroatoms. The van der Waals surface area contributed by atoms with E-state index in [0.717, 1.165) is 17.2 Å². The number of nitrogens with zero attached hydrogens (tertiary/aromatic N) is 1. The minimum Gasteiger partial charge on any atom is -0.454 e. The van der Waals surface area contributed by atoms with Crippen LogP contribution < -0.4 is 14.9 Å². The number of fused-ring (bicyclic) bond motifs is 1. The summed E-state index contributed by atoms with van der Waals surface area (Å²) in [6.07, 6.45) is 0. The van der Waals surface area contributed by atoms with E-state index in [9.17, 15) is 0 Å². The predicted octanol–water partition coefficient (Wildman–Crippen LogP) is 1.44. The van der Waals surface area contributed by atoms with E-state index in [1.807, 2.05) is 18.2 Å². The first kappa shape index (κ1) is 6.97. The van der Waals surface area contributed by atoms with Crippen LogP contribution in [0, 0.1) is 0 Å². The van der Waals surface area contributed by atoms with Gasteiger partial charge in [0.1, 0.15) is 0 Å². The largest absolute Gasteiger partial charge is 0.454 e. The fraction of sp³-hybridized carbons (Fsp3) is 0.125. The second-order valence-electron chi connectivity index (χ2n) is 2.34. The van der Waals surface area contributed by atoms with Gasteiger partial charge in [0, 0.05) is 12.8 Å². The minimum absolute atomic E-state index is 0.292. The second kappa shape index (κ2) is 2.73. The summed E-state index contributed by atoms with van der Waals surface area (Å²) in [4.78, 5) is 0. The van der Waals surface area contributed by atoms with Gasteiger partial charge in [0.15, 0.2) is 11.5 Å². The van der Waals surface area contributed by atoms with Crippen LogP contribution in [-0.2, 0) is 0 Å². The van der Waals surface area contributed by atoms with Crippen LogP contribution in [0.3, 0.4) is 0 Å². The number of hydrazone groups is 1. The summed E-state index contributed by atoms with van der Waals surface area (Å²) in [5, 5.41) is 3.54. The average molecular weight is 164 g/mol. The highest BCUT2D eigenvalue weighted by Gasteiger charge is 2.12. The highest BCUT2D eigenvalue weighted by Crippen LogP contribution is 2.33. The summed E-state index contributed by atoms with van der Waals surface area (Å²) in [5.74, 6) is 1.51. The van der Waals surface area contributed by atoms with Crippen molar-refractivity contribution in [2.45, 2.75) is 0 Å². The molecule has 0 bridgehead atoms. The quantitative estimate of drug-likeness (QED) is 0.531. The predicted molar refractivity (Wildman–Crippen MR) is 45.7 cm³/mol. The van der Waals surface area contributed by atoms with E-state index in [1.165, 1.54) is 0 Å². The van der Waals surface area contributed by atoms with Gasteiger partial charge in [-0.15, -0.1) is 0 Å². The molecule has 0 unspecified atom stereocenters. The molecule has 0 atom stereocenters. The zero-order valence-corrected chi connectivity index (χ0v) is 6.41. The lowest BCUT2D eigenvalue weighted by atomic mass is 10.3. The van der Waals surface area contributed by atoms with Crippen molar-refractivity contribution in [3.05, 3.63) is 18.2 Å². The molecular weight excluding hydrogens is 156 g/mol. The summed E-state index contributed by atoms with van der Waals surface area (Å²) in [7, 11) is 0. The summed E-state index contributed by atoms with van der Waals surface area (Å²) >= 11 is 0. The van der Waals surface area contributed by atoms with Crippen molar-refractivity contribution in [1.29, 1.82) is 0 Å². The van der Waals surface area contributed by atoms with Gasteiger partial charge in [0.05, 0.1) is 5.69 Å². The first-order valence-electron chi connectivity index (χ1n) is 3.51. The summed E-state index contributed by atoms with van der Waals surface area (Å²) < 4.78 is 10.3. The normalized spacial score (nSPS) is 12.7. The zero-order chi connectivity index (χ0) is 8.39. The molecule has 1 heterocycles. The lowest BCUT2D eigenvalue weighted by molar-refractivity contribution is 0.174. The Morgan fingerprint density at radius 3 is 3.00 bits per heavy atom. The molecule has 0 saturated heterocycles. The van der Waals surface area contributed by atoms with Crippen molar-refractivity contribution in [1.82, 2.24) is 0 Å². The first-order valence-corrected chi connectivity index (χ1v) is 3.51. The van der Waals surface area contributed by atoms with Crippen LogP contribution in [0.5, 0.6) is 11.5 Å². The van der Waals surface area contributed by atoms with Gasteiger partial charge in [0.2, 0.25) is 6.79 Å². The van der Waals surface area contributed by atoms with Crippen molar-refractivity contribution in [2.24, 2.45) is 5.10 Å². The van der Waals surface area contributed by atoms with E-state index in [4.69, 9.17) is 9.47 Å². The molecule has 0 aliphatic carbocycles. The Hall–Kier alpha value is -1.71. The Balaban J connectivity index is 2.32. The maximum absolute atomic E-state index is 5.16. The van der Waals surface area contributed by atoms with E-state index in [1.54, 1.807) is 0 Å². The Morgan fingerprint density at radius 1 is 1.33 bits per heavy atom. The fourth-order valence-electron chi connectivity index (χ4n) is 1.06. The molecule has 0 spiro atoms. The molecule has 1 aromatic carbocycles. The molecule has 1 aliphatic heterocycles. The lowest BCUT2D eigenvalue weighted by Crippen LogP contribution is -1.92. The molecule has 0 aromatic heterocycles. The molecule has 62 valence electrons. The first-order chi connectivity index (χ1) is 5.90. The number of anilines is 1. The van der Waals surface area contributed by atoms with Gasteiger partial charge in [-0.05, 0) is 12.1 Å². The third-order valence-corrected chi connectivity index (χ3v) is 1.58. The molecule has 2 rings (SSSR count). The van der Waals surface area contributed by atoms with Gasteiger partial charge in [-0.2, -0.15) is 5.10 Å². The molecule has 0 fully saturated rings. The maximum Gasteiger partial charge on any atom is 0.231 e. The molecule has 1 aliphatic rings. The number of hydrogen-bond acceptors (Lipinski definition) is 4. The summed E-state index contributed by atoms with van der Waals surface area (Å²) in [5.41, 5.74) is 3.56. The molecule has 0 amide bonds. The van der Waals surface area contributed by atoms with Crippen molar-refractivity contribution in [3.8, 4) is 11.5 Å². The van der Waals surface area contributed by atoms with Crippen LogP contribution in [0.2, 0.25) is 0 Å². The molecule has 12 heavy (non-hydrogen) atoms. The van der Waals surface area contributed by atoms with Gasteiger partial charge in [-0.25, -0.2) is 0 Å². The number of hydrogen-bond donors (Lipinski definition) is 1. The van der Waals surface area contributed by atoms with Gasteiger partial charge in [-0.3, -0.25) is 5.43 Å². The Labute approximate surface area is 69.8 Å². The van der Waals surface area contributed by atoms with Gasteiger partial charge in [0.25, 0.3) is 0 Å². The summed E-state index contributed by atoms with van der Waals surface area (Å²) in [6, 6.07) is 5.50. The number of ether oxygens (including phenoxy) is 2. The van der Waals surface area contributed by atoms with E-state index in [0.29, 0.717) is 6.79 Å². The van der Waals surface area contributed by atoms with E-state index >= 15 is 0 Å². The molecule has 1 aromatic rings. The molecule has 0 saturated carbocycles. The topological polar surface area (TPSA) is 42.9 Å². The zero-order valence-electron chi connectivity index (χ0n) is 6.41. The molecule has 1 N–H and O–H groups in total. The van der Waals surface area contributed by atoms with Gasteiger partial charge < -0.3 is 9.47 Å². The van der Waals surface area contributed by atoms with Crippen LogP contribution >= 0.6 is 0 Å². The van der Waals surface area contributed by atoms with E-state index in [-0.39, 0.29) is 0 Å². The van der Waals surface area contributed by atoms with Gasteiger partial charge in [-0.1, -0.05) is 0 Å². The number of benzene rings is 1. The molecule has 0 radical (unpaired) electrons. The Bertz CT molecular complexity index is 312. The van der Waals surface area contributed by atoms with Crippen molar-refractivity contribution < 1.29 is 9.47 Å². The lowest BCUT2D eigenvalue weighted by Gasteiger charge is -2.00. The second-order valence-corrected chi connectivity index (χ2v) is 2.34. The Kier molecular flexibility index (Phi) is 1.59. The highest BCUT2D eigenvalue weighted by molar-refractivity contribution is 5.55. The maximum atomic E-state index is 5.16. The van der Waals surface area contributed by atoms with Crippen molar-refractivity contribution in [2.75, 3.05) is 12.2 Å². The smallest absolute Gasteiger partial charge is 0.231 e. The van der Waals surface area contributed by atoms with Gasteiger partial charge >= 0.3 is 0 Å². The highest BCUT2D eigenvalue weighted by atomic mass is 16.7. The third kappa shape index (κ3) is 1.07. The summed E-state index contributed by atoms with van der Waals surface area (Å²) in [6.45, 7) is 3.61. The average Bonchev–Trinajstić information content (AvgIpc) is 2.51. The van der Waals surface area contributed by atoms with Crippen molar-refractivity contribution in [3.63, 3.8) is 0 Å². The van der Waals surface area contributed by atoms with Crippen LogP contribution in [0.25, 0.3) is 0 Å². The van der Waals surface area contributed by atoms with Crippen molar-refractivity contribution >= 4 is 12.4 Å². The monoisotopic (exact) mass is 164 g/mol. The van der Waals surface area contributed by atoms with E-state index < -0.39 is 0 Å². The van der Waals surface area contributed by atoms with Crippen LogP contribution in [0.1, 0.15) is 0 Å². The minimum atomic E-state index is 0.292. The molecule has 4 nitrogen and oxygen atoms in total. The molecular formula is C8H8N2O2. The third-order valence-electron chi connectivity index (χ3n) is 1.58. The number of rotatable bonds is 2. The number of nitrogens with one attached hydrogen (secondary N) is 1. The van der Waals surface area contributed by atoms with Crippen LogP contribution in [0.15, 0.2) is 23.3 Å². The van der Waals surface area contributed by atoms with Crippen LogP contribution in [0.4, 0.5) is 5.69 Å². The standard InChI is InChI=1S/C8H8N2O2/c1-9-10-6-2-3-7-8(4-6)12-5-11-7/h2-4,10H,1,5H2. The fourth-order valence-corrected chi connectivity index (χ4v) is 1.06.